The molecule has 0 N–H and O–H groups in total. The average Bonchev–Trinajstić information content (AvgIpc) is 3.31. The predicted molar refractivity (Wildman–Crippen MR) is 134 cm³/mol. The summed E-state index contributed by atoms with van der Waals surface area (Å²) in [6.45, 7) is 7.09. The molecular weight excluding hydrogens is 449 g/mol. The van der Waals surface area contributed by atoms with Crippen LogP contribution in [0.3, 0.4) is 0 Å². The van der Waals surface area contributed by atoms with Gasteiger partial charge in [-0.3, -0.25) is 4.79 Å². The molecule has 34 heavy (non-hydrogen) atoms. The average molecular weight is 478 g/mol. The fourth-order valence-electron chi connectivity index (χ4n) is 4.61. The Morgan fingerprint density at radius 2 is 1.82 bits per heavy atom. The highest BCUT2D eigenvalue weighted by Crippen LogP contribution is 2.33. The first-order valence-corrected chi connectivity index (χ1v) is 12.6. The second-order valence-corrected chi connectivity index (χ2v) is 9.64. The predicted octanol–water partition coefficient (Wildman–Crippen LogP) is 5.16. The number of rotatable bonds is 5. The maximum Gasteiger partial charge on any atom is 0.230 e. The molecule has 1 aliphatic heterocycles. The minimum atomic E-state index is -0.274. The normalized spacial score (nSPS) is 15.5. The lowest BCUT2D eigenvalue weighted by Gasteiger charge is -2.26. The molecule has 4 aromatic rings. The van der Waals surface area contributed by atoms with Crippen LogP contribution in [0.1, 0.15) is 36.9 Å². The van der Waals surface area contributed by atoms with Gasteiger partial charge >= 0.3 is 0 Å². The maximum absolute atomic E-state index is 13.4. The third kappa shape index (κ3) is 4.30. The van der Waals surface area contributed by atoms with Gasteiger partial charge in [-0.15, -0.1) is 0 Å². The molecule has 1 atom stereocenters. The fraction of sp³-hybridized carbons (Fsp3) is 0.346. The third-order valence-electron chi connectivity index (χ3n) is 6.43. The molecule has 1 fully saturated rings. The smallest absolute Gasteiger partial charge is 0.230 e. The standard InChI is InChI=1S/C26H28FN5OS/c1-3-22(19-8-5-4-6-9-19)25(33)30-14-7-15-31(17-16-30)26-28-24-23(34-26)18(2)29-32(24)21-12-10-20(27)11-13-21/h4-6,8-13,22H,3,7,14-17H2,1-2H3. The number of aromatic nitrogens is 3. The molecule has 176 valence electrons. The Balaban J connectivity index is 1.35. The number of hydrogen-bond acceptors (Lipinski definition) is 5. The van der Waals surface area contributed by atoms with Crippen LogP contribution >= 0.6 is 11.3 Å². The molecule has 1 saturated heterocycles. The number of anilines is 1. The van der Waals surface area contributed by atoms with E-state index in [9.17, 15) is 9.18 Å². The number of halogens is 1. The molecular formula is C26H28FN5OS. The van der Waals surface area contributed by atoms with E-state index < -0.39 is 0 Å². The third-order valence-corrected chi connectivity index (χ3v) is 7.65. The number of aryl methyl sites for hydroxylation is 1. The lowest BCUT2D eigenvalue weighted by Crippen LogP contribution is -2.38. The Morgan fingerprint density at radius 3 is 2.56 bits per heavy atom. The Bertz CT molecular complexity index is 1280. The SMILES string of the molecule is CCC(C(=O)N1CCCN(c2nc3c(s2)c(C)nn3-c2ccc(F)cc2)CC1)c1ccccc1. The van der Waals surface area contributed by atoms with Gasteiger partial charge in [0.15, 0.2) is 10.8 Å². The number of carbonyl (C=O) groups excluding carboxylic acids is 1. The number of fused-ring (bicyclic) bond motifs is 1. The summed E-state index contributed by atoms with van der Waals surface area (Å²) in [6.07, 6.45) is 1.69. The van der Waals surface area contributed by atoms with Crippen molar-refractivity contribution in [2.75, 3.05) is 31.1 Å². The summed E-state index contributed by atoms with van der Waals surface area (Å²) in [4.78, 5) is 22.6. The summed E-state index contributed by atoms with van der Waals surface area (Å²) in [5.74, 6) is -0.161. The van der Waals surface area contributed by atoms with E-state index in [2.05, 4.69) is 16.9 Å². The summed E-state index contributed by atoms with van der Waals surface area (Å²) in [7, 11) is 0. The molecule has 1 amide bonds. The van der Waals surface area contributed by atoms with Crippen LogP contribution < -0.4 is 4.90 Å². The molecule has 2 aromatic carbocycles. The van der Waals surface area contributed by atoms with Crippen molar-refractivity contribution in [3.05, 3.63) is 71.7 Å². The number of carbonyl (C=O) groups is 1. The summed E-state index contributed by atoms with van der Waals surface area (Å²) in [5.41, 5.74) is 3.57. The second kappa shape index (κ2) is 9.54. The maximum atomic E-state index is 13.4. The quantitative estimate of drug-likeness (QED) is 0.398. The van der Waals surface area contributed by atoms with Crippen LogP contribution in [-0.4, -0.2) is 51.8 Å². The summed E-state index contributed by atoms with van der Waals surface area (Å²) < 4.78 is 16.2. The highest BCUT2D eigenvalue weighted by atomic mass is 32.1. The molecule has 0 spiro atoms. The van der Waals surface area contributed by atoms with Crippen molar-refractivity contribution >= 4 is 32.7 Å². The Morgan fingerprint density at radius 1 is 1.06 bits per heavy atom. The Labute approximate surface area is 202 Å². The van der Waals surface area contributed by atoms with Gasteiger partial charge in [-0.25, -0.2) is 9.07 Å². The topological polar surface area (TPSA) is 54.3 Å². The van der Waals surface area contributed by atoms with Crippen molar-refractivity contribution in [1.82, 2.24) is 19.7 Å². The first kappa shape index (κ1) is 22.5. The fourth-order valence-corrected chi connectivity index (χ4v) is 5.65. The lowest BCUT2D eigenvalue weighted by molar-refractivity contribution is -0.132. The minimum absolute atomic E-state index is 0.0976. The van der Waals surface area contributed by atoms with E-state index >= 15 is 0 Å². The van der Waals surface area contributed by atoms with E-state index in [0.717, 1.165) is 64.9 Å². The van der Waals surface area contributed by atoms with E-state index in [1.54, 1.807) is 28.2 Å². The van der Waals surface area contributed by atoms with Gasteiger partial charge in [-0.2, -0.15) is 10.1 Å². The van der Waals surface area contributed by atoms with Gasteiger partial charge in [-0.05, 0) is 49.6 Å². The zero-order valence-electron chi connectivity index (χ0n) is 19.4. The molecule has 5 rings (SSSR count). The van der Waals surface area contributed by atoms with E-state index in [-0.39, 0.29) is 17.6 Å². The lowest BCUT2D eigenvalue weighted by atomic mass is 9.95. The van der Waals surface area contributed by atoms with Crippen LogP contribution in [0.4, 0.5) is 9.52 Å². The number of amides is 1. The van der Waals surface area contributed by atoms with E-state index in [1.165, 1.54) is 12.1 Å². The van der Waals surface area contributed by atoms with Crippen LogP contribution in [0.5, 0.6) is 0 Å². The zero-order valence-corrected chi connectivity index (χ0v) is 20.3. The zero-order chi connectivity index (χ0) is 23.7. The number of hydrogen-bond donors (Lipinski definition) is 0. The van der Waals surface area contributed by atoms with Crippen molar-refractivity contribution in [3.63, 3.8) is 0 Å². The summed E-state index contributed by atoms with van der Waals surface area (Å²) in [5, 5.41) is 5.56. The molecule has 0 saturated carbocycles. The molecule has 1 unspecified atom stereocenters. The van der Waals surface area contributed by atoms with Gasteiger partial charge in [-0.1, -0.05) is 48.6 Å². The van der Waals surface area contributed by atoms with Crippen LogP contribution in [-0.2, 0) is 4.79 Å². The molecule has 1 aliphatic rings. The van der Waals surface area contributed by atoms with Crippen LogP contribution in [0.25, 0.3) is 16.0 Å². The number of thiazole rings is 1. The van der Waals surface area contributed by atoms with Gasteiger partial charge < -0.3 is 9.80 Å². The Kier molecular flexibility index (Phi) is 6.32. The summed E-state index contributed by atoms with van der Waals surface area (Å²) in [6, 6.07) is 16.4. The van der Waals surface area contributed by atoms with Crippen molar-refractivity contribution in [1.29, 1.82) is 0 Å². The Hall–Kier alpha value is -3.26. The minimum Gasteiger partial charge on any atom is -0.346 e. The van der Waals surface area contributed by atoms with Crippen LogP contribution in [0, 0.1) is 12.7 Å². The molecule has 6 nitrogen and oxygen atoms in total. The molecule has 3 heterocycles. The van der Waals surface area contributed by atoms with Crippen molar-refractivity contribution < 1.29 is 9.18 Å². The molecule has 0 aliphatic carbocycles. The van der Waals surface area contributed by atoms with Gasteiger partial charge in [0.05, 0.1) is 22.0 Å². The van der Waals surface area contributed by atoms with Crippen molar-refractivity contribution in [2.45, 2.75) is 32.6 Å². The monoisotopic (exact) mass is 477 g/mol. The molecule has 8 heteroatoms. The van der Waals surface area contributed by atoms with Gasteiger partial charge in [0.2, 0.25) is 5.91 Å². The first-order valence-electron chi connectivity index (χ1n) is 11.8. The van der Waals surface area contributed by atoms with Crippen LogP contribution in [0.15, 0.2) is 54.6 Å². The van der Waals surface area contributed by atoms with Gasteiger partial charge in [0.25, 0.3) is 0 Å². The first-order chi connectivity index (χ1) is 16.5. The van der Waals surface area contributed by atoms with Gasteiger partial charge in [0.1, 0.15) is 5.82 Å². The second-order valence-electron chi connectivity index (χ2n) is 8.66. The molecule has 0 bridgehead atoms. The van der Waals surface area contributed by atoms with E-state index in [4.69, 9.17) is 4.98 Å². The van der Waals surface area contributed by atoms with Crippen molar-refractivity contribution in [2.24, 2.45) is 0 Å². The largest absolute Gasteiger partial charge is 0.346 e. The van der Waals surface area contributed by atoms with E-state index in [1.807, 2.05) is 42.2 Å². The summed E-state index contributed by atoms with van der Waals surface area (Å²) >= 11 is 1.63. The van der Waals surface area contributed by atoms with Crippen molar-refractivity contribution in [3.8, 4) is 5.69 Å². The highest BCUT2D eigenvalue weighted by molar-refractivity contribution is 7.22. The van der Waals surface area contributed by atoms with Gasteiger partial charge in [0, 0.05) is 26.2 Å². The number of benzene rings is 2. The molecule has 0 radical (unpaired) electrons. The number of nitrogens with zero attached hydrogens (tertiary/aromatic N) is 5. The highest BCUT2D eigenvalue weighted by Gasteiger charge is 2.27. The van der Waals surface area contributed by atoms with Crippen LogP contribution in [0.2, 0.25) is 0 Å². The van der Waals surface area contributed by atoms with E-state index in [0.29, 0.717) is 6.54 Å². The molecule has 2 aromatic heterocycles.